The molecule has 33 heavy (non-hydrogen) atoms. The second-order valence-corrected chi connectivity index (χ2v) is 9.96. The number of carbonyl (C=O) groups is 3. The third-order valence-corrected chi connectivity index (χ3v) is 8.14. The number of hydrogen-bond donors (Lipinski definition) is 1. The zero-order chi connectivity index (χ0) is 22.9. The number of nitrogens with zero attached hydrogens (tertiary/aromatic N) is 1. The lowest BCUT2D eigenvalue weighted by molar-refractivity contribution is -0.122. The van der Waals surface area contributed by atoms with Crippen LogP contribution in [-0.4, -0.2) is 29.6 Å². The number of thiophene rings is 1. The average molecular weight is 455 g/mol. The number of aryl methyl sites for hydroxylation is 1. The van der Waals surface area contributed by atoms with E-state index in [1.807, 2.05) is 71.8 Å². The number of rotatable bonds is 3. The summed E-state index contributed by atoms with van der Waals surface area (Å²) in [5.41, 5.74) is 3.27. The summed E-state index contributed by atoms with van der Waals surface area (Å²) in [6.07, 6.45) is 4.02. The summed E-state index contributed by atoms with van der Waals surface area (Å²) in [6, 6.07) is 16.0. The van der Waals surface area contributed by atoms with Gasteiger partial charge >= 0.3 is 0 Å². The molecule has 0 saturated carbocycles. The van der Waals surface area contributed by atoms with Gasteiger partial charge in [-0.25, -0.2) is 0 Å². The third kappa shape index (κ3) is 2.55. The van der Waals surface area contributed by atoms with Crippen LogP contribution in [0.3, 0.4) is 0 Å². The molecule has 6 heteroatoms. The van der Waals surface area contributed by atoms with Gasteiger partial charge in [-0.15, -0.1) is 11.3 Å². The normalized spacial score (nSPS) is 26.7. The standard InChI is InChI=1S/C27H22N2O3S/c1-15-9-11-20-17(14-15)10-12-22-27(18-6-3-4-7-19(18)28-26(27)32)23(24(16(2)30)29(20)22)25(31)21-8-5-13-33-21/h3-14,22-24H,1-2H3,(H,28,32)/t22-,23+,24-,27-/m1/s1. The summed E-state index contributed by atoms with van der Waals surface area (Å²) in [5.74, 6) is -1.35. The topological polar surface area (TPSA) is 66.5 Å². The van der Waals surface area contributed by atoms with E-state index in [4.69, 9.17) is 0 Å². The van der Waals surface area contributed by atoms with Crippen molar-refractivity contribution in [2.75, 3.05) is 10.2 Å². The molecule has 1 saturated heterocycles. The van der Waals surface area contributed by atoms with E-state index in [0.717, 1.165) is 22.4 Å². The molecule has 0 radical (unpaired) electrons. The molecule has 1 fully saturated rings. The fourth-order valence-electron chi connectivity index (χ4n) is 6.02. The summed E-state index contributed by atoms with van der Waals surface area (Å²) in [6.45, 7) is 3.55. The Morgan fingerprint density at radius 3 is 2.67 bits per heavy atom. The van der Waals surface area contributed by atoms with E-state index in [0.29, 0.717) is 10.6 Å². The molecule has 2 aromatic carbocycles. The molecule has 4 atom stereocenters. The van der Waals surface area contributed by atoms with Crippen molar-refractivity contribution in [1.29, 1.82) is 0 Å². The molecule has 3 aliphatic heterocycles. The van der Waals surface area contributed by atoms with Crippen LogP contribution in [0, 0.1) is 12.8 Å². The Labute approximate surface area is 195 Å². The van der Waals surface area contributed by atoms with Crippen LogP contribution in [0.1, 0.15) is 33.3 Å². The maximum Gasteiger partial charge on any atom is 0.238 e. The van der Waals surface area contributed by atoms with Crippen molar-refractivity contribution in [3.05, 3.63) is 87.6 Å². The molecule has 1 aromatic heterocycles. The second-order valence-electron chi connectivity index (χ2n) is 9.02. The summed E-state index contributed by atoms with van der Waals surface area (Å²) < 4.78 is 0. The van der Waals surface area contributed by atoms with Crippen LogP contribution in [0.25, 0.3) is 6.08 Å². The van der Waals surface area contributed by atoms with E-state index in [9.17, 15) is 14.4 Å². The number of Topliss-reactive ketones (excluding diaryl/α,β-unsaturated/α-hetero) is 2. The number of para-hydroxylation sites is 1. The molecule has 164 valence electrons. The number of hydrogen-bond acceptors (Lipinski definition) is 5. The van der Waals surface area contributed by atoms with Gasteiger partial charge in [0.1, 0.15) is 5.41 Å². The molecule has 4 heterocycles. The number of nitrogens with one attached hydrogen (secondary N) is 1. The van der Waals surface area contributed by atoms with Gasteiger partial charge in [0, 0.05) is 11.4 Å². The number of anilines is 2. The first-order chi connectivity index (χ1) is 15.9. The highest BCUT2D eigenvalue weighted by molar-refractivity contribution is 7.12. The fraction of sp³-hybridized carbons (Fsp3) is 0.222. The lowest BCUT2D eigenvalue weighted by Crippen LogP contribution is -2.51. The van der Waals surface area contributed by atoms with Gasteiger partial charge in [0.05, 0.1) is 22.9 Å². The Hall–Kier alpha value is -3.51. The van der Waals surface area contributed by atoms with Gasteiger partial charge in [0.2, 0.25) is 5.91 Å². The highest BCUT2D eigenvalue weighted by Crippen LogP contribution is 2.57. The van der Waals surface area contributed by atoms with Gasteiger partial charge in [0.25, 0.3) is 0 Å². The summed E-state index contributed by atoms with van der Waals surface area (Å²) in [5, 5.41) is 4.88. The molecule has 0 bridgehead atoms. The SMILES string of the molecule is CC(=O)[C@@H]1[C@@H](C(=O)c2cccs2)[C@]2(C(=O)Nc3ccccc32)[C@H]2C=Cc3cc(C)ccc3N12. The minimum absolute atomic E-state index is 0.120. The summed E-state index contributed by atoms with van der Waals surface area (Å²) in [4.78, 5) is 43.8. The summed E-state index contributed by atoms with van der Waals surface area (Å²) in [7, 11) is 0. The molecule has 1 amide bonds. The number of amides is 1. The average Bonchev–Trinajstić information content (AvgIpc) is 3.50. The number of benzene rings is 2. The third-order valence-electron chi connectivity index (χ3n) is 7.25. The van der Waals surface area contributed by atoms with Crippen LogP contribution < -0.4 is 10.2 Å². The lowest BCUT2D eigenvalue weighted by Gasteiger charge is -2.37. The van der Waals surface area contributed by atoms with E-state index in [1.165, 1.54) is 18.3 Å². The molecule has 3 aliphatic rings. The van der Waals surface area contributed by atoms with Crippen LogP contribution in [0.4, 0.5) is 11.4 Å². The van der Waals surface area contributed by atoms with Crippen LogP contribution in [0.15, 0.2) is 66.1 Å². The minimum Gasteiger partial charge on any atom is -0.352 e. The quantitative estimate of drug-likeness (QED) is 0.587. The Morgan fingerprint density at radius 2 is 1.91 bits per heavy atom. The highest BCUT2D eigenvalue weighted by Gasteiger charge is 2.69. The maximum absolute atomic E-state index is 14.1. The molecule has 5 nitrogen and oxygen atoms in total. The van der Waals surface area contributed by atoms with Gasteiger partial charge in [-0.1, -0.05) is 48.0 Å². The van der Waals surface area contributed by atoms with Crippen molar-refractivity contribution in [2.24, 2.45) is 5.92 Å². The molecular formula is C27H22N2O3S. The second kappa shape index (κ2) is 6.99. The first-order valence-electron chi connectivity index (χ1n) is 11.0. The van der Waals surface area contributed by atoms with Crippen molar-refractivity contribution in [3.63, 3.8) is 0 Å². The van der Waals surface area contributed by atoms with Crippen LogP contribution >= 0.6 is 11.3 Å². The van der Waals surface area contributed by atoms with Crippen molar-refractivity contribution in [1.82, 2.24) is 0 Å². The van der Waals surface area contributed by atoms with Gasteiger partial charge in [-0.2, -0.15) is 0 Å². The van der Waals surface area contributed by atoms with E-state index in [1.54, 1.807) is 6.07 Å². The molecule has 1 N–H and O–H groups in total. The Kier molecular flexibility index (Phi) is 4.26. The zero-order valence-electron chi connectivity index (χ0n) is 18.2. The van der Waals surface area contributed by atoms with Crippen LogP contribution in [0.5, 0.6) is 0 Å². The molecular weight excluding hydrogens is 432 g/mol. The van der Waals surface area contributed by atoms with Gasteiger partial charge in [-0.05, 0) is 54.6 Å². The maximum atomic E-state index is 14.1. The molecule has 0 unspecified atom stereocenters. The predicted molar refractivity (Wildman–Crippen MR) is 130 cm³/mol. The van der Waals surface area contributed by atoms with Gasteiger partial charge in [0.15, 0.2) is 11.6 Å². The lowest BCUT2D eigenvalue weighted by atomic mass is 9.65. The van der Waals surface area contributed by atoms with Crippen molar-refractivity contribution in [3.8, 4) is 0 Å². The highest BCUT2D eigenvalue weighted by atomic mass is 32.1. The Balaban J connectivity index is 1.67. The van der Waals surface area contributed by atoms with Crippen molar-refractivity contribution in [2.45, 2.75) is 31.3 Å². The van der Waals surface area contributed by atoms with E-state index >= 15 is 0 Å². The largest absolute Gasteiger partial charge is 0.352 e. The van der Waals surface area contributed by atoms with Crippen LogP contribution in [0.2, 0.25) is 0 Å². The van der Waals surface area contributed by atoms with Gasteiger partial charge in [-0.3, -0.25) is 14.4 Å². The Bertz CT molecular complexity index is 1360. The summed E-state index contributed by atoms with van der Waals surface area (Å²) >= 11 is 1.35. The number of fused-ring (bicyclic) bond motifs is 6. The van der Waals surface area contributed by atoms with Crippen molar-refractivity contribution < 1.29 is 14.4 Å². The predicted octanol–water partition coefficient (Wildman–Crippen LogP) is 4.62. The van der Waals surface area contributed by atoms with Crippen LogP contribution in [-0.2, 0) is 15.0 Å². The minimum atomic E-state index is -1.20. The molecule has 3 aromatic rings. The van der Waals surface area contributed by atoms with Gasteiger partial charge < -0.3 is 10.2 Å². The first kappa shape index (κ1) is 20.1. The smallest absolute Gasteiger partial charge is 0.238 e. The molecule has 6 rings (SSSR count). The number of carbonyl (C=O) groups excluding carboxylic acids is 3. The van der Waals surface area contributed by atoms with E-state index in [2.05, 4.69) is 11.4 Å². The number of ketones is 2. The van der Waals surface area contributed by atoms with E-state index in [-0.39, 0.29) is 17.5 Å². The molecule has 1 spiro atoms. The van der Waals surface area contributed by atoms with Crippen molar-refractivity contribution >= 4 is 46.3 Å². The first-order valence-corrected chi connectivity index (χ1v) is 11.9. The fourth-order valence-corrected chi connectivity index (χ4v) is 6.73. The monoisotopic (exact) mass is 454 g/mol. The van der Waals surface area contributed by atoms with E-state index < -0.39 is 23.4 Å². The molecule has 0 aliphatic carbocycles. The Morgan fingerprint density at radius 1 is 1.09 bits per heavy atom. The zero-order valence-corrected chi connectivity index (χ0v) is 19.1.